The standard InChI is InChI=1S/C21H19N3O2/c1-16(25)19-8-5-9-20(12-19)23-21(26)11-10-18-13-22-24(15-18)14-17-6-3-2-4-7-17/h2-13,15H,14H2,1H3,(H,23,26). The first-order chi connectivity index (χ1) is 12.6. The van der Waals surface area contributed by atoms with Crippen molar-refractivity contribution >= 4 is 23.5 Å². The molecule has 3 aromatic rings. The van der Waals surface area contributed by atoms with Crippen molar-refractivity contribution in [2.45, 2.75) is 13.5 Å². The molecule has 0 radical (unpaired) electrons. The maximum atomic E-state index is 12.1. The number of Topliss-reactive ketones (excluding diaryl/α,β-unsaturated/α-hetero) is 1. The van der Waals surface area contributed by atoms with Gasteiger partial charge < -0.3 is 5.32 Å². The molecule has 0 unspecified atom stereocenters. The number of carbonyl (C=O) groups excluding carboxylic acids is 2. The van der Waals surface area contributed by atoms with E-state index >= 15 is 0 Å². The van der Waals surface area contributed by atoms with Gasteiger partial charge in [-0.1, -0.05) is 42.5 Å². The van der Waals surface area contributed by atoms with Crippen molar-refractivity contribution in [2.75, 3.05) is 5.32 Å². The van der Waals surface area contributed by atoms with Crippen molar-refractivity contribution in [1.82, 2.24) is 9.78 Å². The summed E-state index contributed by atoms with van der Waals surface area (Å²) < 4.78 is 1.82. The zero-order valence-corrected chi connectivity index (χ0v) is 14.4. The van der Waals surface area contributed by atoms with Gasteiger partial charge in [-0.25, -0.2) is 0 Å². The largest absolute Gasteiger partial charge is 0.322 e. The quantitative estimate of drug-likeness (QED) is 0.546. The molecule has 130 valence electrons. The number of carbonyl (C=O) groups is 2. The number of hydrogen-bond donors (Lipinski definition) is 1. The summed E-state index contributed by atoms with van der Waals surface area (Å²) in [6, 6.07) is 16.9. The highest BCUT2D eigenvalue weighted by atomic mass is 16.1. The summed E-state index contributed by atoms with van der Waals surface area (Å²) in [5.74, 6) is -0.302. The number of aromatic nitrogens is 2. The van der Waals surface area contributed by atoms with Crippen LogP contribution in [0.5, 0.6) is 0 Å². The minimum absolute atomic E-state index is 0.0394. The molecular weight excluding hydrogens is 326 g/mol. The Hall–Kier alpha value is -3.47. The Kier molecular flexibility index (Phi) is 5.39. The Bertz CT molecular complexity index is 943. The SMILES string of the molecule is CC(=O)c1cccc(NC(=O)C=Cc2cnn(Cc3ccccc3)c2)c1. The smallest absolute Gasteiger partial charge is 0.248 e. The van der Waals surface area contributed by atoms with Crippen molar-refractivity contribution in [3.8, 4) is 0 Å². The third kappa shape index (κ3) is 4.77. The Morgan fingerprint density at radius 3 is 2.69 bits per heavy atom. The number of nitrogens with one attached hydrogen (secondary N) is 1. The summed E-state index contributed by atoms with van der Waals surface area (Å²) in [6.07, 6.45) is 6.75. The molecule has 0 spiro atoms. The van der Waals surface area contributed by atoms with E-state index in [0.717, 1.165) is 11.1 Å². The lowest BCUT2D eigenvalue weighted by Crippen LogP contribution is -2.08. The van der Waals surface area contributed by atoms with Gasteiger partial charge in [-0.05, 0) is 30.7 Å². The molecule has 1 amide bonds. The molecule has 0 saturated carbocycles. The Balaban J connectivity index is 1.60. The Labute approximate surface area is 152 Å². The second-order valence-corrected chi connectivity index (χ2v) is 5.92. The van der Waals surface area contributed by atoms with E-state index in [1.54, 1.807) is 36.5 Å². The molecule has 0 aliphatic carbocycles. The van der Waals surface area contributed by atoms with Gasteiger partial charge in [-0.15, -0.1) is 0 Å². The molecule has 0 aliphatic rings. The Morgan fingerprint density at radius 1 is 1.12 bits per heavy atom. The van der Waals surface area contributed by atoms with Gasteiger partial charge in [0.25, 0.3) is 0 Å². The molecule has 1 aromatic heterocycles. The molecule has 0 aliphatic heterocycles. The zero-order valence-electron chi connectivity index (χ0n) is 14.4. The fourth-order valence-corrected chi connectivity index (χ4v) is 2.49. The topological polar surface area (TPSA) is 64.0 Å². The number of benzene rings is 2. The molecule has 0 bridgehead atoms. The molecule has 1 heterocycles. The van der Waals surface area contributed by atoms with E-state index in [2.05, 4.69) is 10.4 Å². The van der Waals surface area contributed by atoms with Crippen LogP contribution in [0.25, 0.3) is 6.08 Å². The highest BCUT2D eigenvalue weighted by Gasteiger charge is 2.03. The van der Waals surface area contributed by atoms with Gasteiger partial charge in [-0.3, -0.25) is 14.3 Å². The summed E-state index contributed by atoms with van der Waals surface area (Å²) in [5, 5.41) is 7.05. The molecule has 1 N–H and O–H groups in total. The lowest BCUT2D eigenvalue weighted by atomic mass is 10.1. The summed E-state index contributed by atoms with van der Waals surface area (Å²) in [5.41, 5.74) is 3.16. The van der Waals surface area contributed by atoms with E-state index in [1.807, 2.05) is 41.2 Å². The van der Waals surface area contributed by atoms with Crippen LogP contribution in [0.1, 0.15) is 28.4 Å². The van der Waals surface area contributed by atoms with Crippen molar-refractivity contribution < 1.29 is 9.59 Å². The number of hydrogen-bond acceptors (Lipinski definition) is 3. The first kappa shape index (κ1) is 17.4. The third-order valence-electron chi connectivity index (χ3n) is 3.80. The van der Waals surface area contributed by atoms with Crippen LogP contribution in [0, 0.1) is 0 Å². The van der Waals surface area contributed by atoms with Gasteiger partial charge in [0.2, 0.25) is 5.91 Å². The van der Waals surface area contributed by atoms with Gasteiger partial charge in [0, 0.05) is 29.1 Å². The van der Waals surface area contributed by atoms with Gasteiger partial charge in [-0.2, -0.15) is 5.10 Å². The molecule has 2 aromatic carbocycles. The zero-order chi connectivity index (χ0) is 18.4. The number of nitrogens with zero attached hydrogens (tertiary/aromatic N) is 2. The Morgan fingerprint density at radius 2 is 1.92 bits per heavy atom. The molecule has 0 fully saturated rings. The molecule has 3 rings (SSSR count). The summed E-state index contributed by atoms with van der Waals surface area (Å²) >= 11 is 0. The average molecular weight is 345 g/mol. The molecule has 5 nitrogen and oxygen atoms in total. The van der Waals surface area contributed by atoms with Crippen LogP contribution < -0.4 is 5.32 Å². The fraction of sp³-hybridized carbons (Fsp3) is 0.0952. The molecule has 0 saturated heterocycles. The number of rotatable bonds is 6. The van der Waals surface area contributed by atoms with Crippen LogP contribution in [0.3, 0.4) is 0 Å². The van der Waals surface area contributed by atoms with Crippen molar-refractivity contribution in [3.63, 3.8) is 0 Å². The normalized spacial score (nSPS) is 10.8. The second kappa shape index (κ2) is 8.07. The monoisotopic (exact) mass is 345 g/mol. The van der Waals surface area contributed by atoms with E-state index in [0.29, 0.717) is 17.8 Å². The third-order valence-corrected chi connectivity index (χ3v) is 3.80. The number of ketones is 1. The molecule has 0 atom stereocenters. The van der Waals surface area contributed by atoms with Crippen molar-refractivity contribution in [3.05, 3.63) is 89.8 Å². The first-order valence-electron chi connectivity index (χ1n) is 8.26. The highest BCUT2D eigenvalue weighted by molar-refractivity contribution is 6.03. The molecular formula is C21H19N3O2. The van der Waals surface area contributed by atoms with Crippen LogP contribution in [-0.2, 0) is 11.3 Å². The molecule has 26 heavy (non-hydrogen) atoms. The molecule has 5 heteroatoms. The van der Waals surface area contributed by atoms with E-state index in [9.17, 15) is 9.59 Å². The van der Waals surface area contributed by atoms with E-state index in [1.165, 1.54) is 13.0 Å². The first-order valence-corrected chi connectivity index (χ1v) is 8.26. The van der Waals surface area contributed by atoms with Crippen LogP contribution in [0.4, 0.5) is 5.69 Å². The van der Waals surface area contributed by atoms with Crippen LogP contribution in [0.15, 0.2) is 73.1 Å². The van der Waals surface area contributed by atoms with Crippen LogP contribution in [0.2, 0.25) is 0 Å². The van der Waals surface area contributed by atoms with E-state index in [4.69, 9.17) is 0 Å². The van der Waals surface area contributed by atoms with Crippen LogP contribution >= 0.6 is 0 Å². The summed E-state index contributed by atoms with van der Waals surface area (Å²) in [6.45, 7) is 2.17. The predicted octanol–water partition coefficient (Wildman–Crippen LogP) is 3.79. The second-order valence-electron chi connectivity index (χ2n) is 5.92. The van der Waals surface area contributed by atoms with Crippen molar-refractivity contribution in [2.24, 2.45) is 0 Å². The minimum Gasteiger partial charge on any atom is -0.322 e. The maximum absolute atomic E-state index is 12.1. The number of anilines is 1. The minimum atomic E-state index is -0.262. The lowest BCUT2D eigenvalue weighted by molar-refractivity contribution is -0.111. The fourth-order valence-electron chi connectivity index (χ4n) is 2.49. The van der Waals surface area contributed by atoms with Gasteiger partial charge in [0.05, 0.1) is 12.7 Å². The predicted molar refractivity (Wildman–Crippen MR) is 102 cm³/mol. The van der Waals surface area contributed by atoms with Gasteiger partial charge >= 0.3 is 0 Å². The van der Waals surface area contributed by atoms with E-state index in [-0.39, 0.29) is 11.7 Å². The maximum Gasteiger partial charge on any atom is 0.248 e. The van der Waals surface area contributed by atoms with E-state index < -0.39 is 0 Å². The van der Waals surface area contributed by atoms with Crippen LogP contribution in [-0.4, -0.2) is 21.5 Å². The summed E-state index contributed by atoms with van der Waals surface area (Å²) in [4.78, 5) is 23.4. The lowest BCUT2D eigenvalue weighted by Gasteiger charge is -2.03. The number of amides is 1. The summed E-state index contributed by atoms with van der Waals surface area (Å²) in [7, 11) is 0. The van der Waals surface area contributed by atoms with Gasteiger partial charge in [0.15, 0.2) is 5.78 Å². The highest BCUT2D eigenvalue weighted by Crippen LogP contribution is 2.11. The van der Waals surface area contributed by atoms with Gasteiger partial charge in [0.1, 0.15) is 0 Å². The van der Waals surface area contributed by atoms with Crippen molar-refractivity contribution in [1.29, 1.82) is 0 Å². The average Bonchev–Trinajstić information content (AvgIpc) is 3.08.